The molecule has 1 saturated heterocycles. The quantitative estimate of drug-likeness (QED) is 0.611. The van der Waals surface area contributed by atoms with Gasteiger partial charge < -0.3 is 4.90 Å². The Morgan fingerprint density at radius 1 is 1.14 bits per heavy atom. The van der Waals surface area contributed by atoms with Gasteiger partial charge in [0.05, 0.1) is 5.56 Å². The van der Waals surface area contributed by atoms with Crippen LogP contribution < -0.4 is 0 Å². The number of likely N-dealkylation sites (tertiary alicyclic amines) is 1. The van der Waals surface area contributed by atoms with Crippen molar-refractivity contribution < 1.29 is 4.79 Å². The maximum absolute atomic E-state index is 12.9. The lowest BCUT2D eigenvalue weighted by atomic mass is 9.83. The van der Waals surface area contributed by atoms with Gasteiger partial charge in [-0.25, -0.2) is 0 Å². The van der Waals surface area contributed by atoms with Crippen molar-refractivity contribution in [1.29, 1.82) is 0 Å². The van der Waals surface area contributed by atoms with E-state index in [0.29, 0.717) is 17.0 Å². The van der Waals surface area contributed by atoms with Crippen molar-refractivity contribution in [1.82, 2.24) is 4.90 Å². The fourth-order valence-corrected chi connectivity index (χ4v) is 4.61. The summed E-state index contributed by atoms with van der Waals surface area (Å²) in [5.74, 6) is 0.886. The second-order valence-corrected chi connectivity index (χ2v) is 7.83. The monoisotopic (exact) mass is 417 g/mol. The third-order valence-electron chi connectivity index (χ3n) is 4.91. The summed E-state index contributed by atoms with van der Waals surface area (Å²) >= 11 is 8.31. The zero-order chi connectivity index (χ0) is 14.8. The molecule has 0 bridgehead atoms. The molecule has 2 aliphatic rings. The number of hydrogen-bond donors (Lipinski definition) is 0. The second kappa shape index (κ2) is 6.86. The van der Waals surface area contributed by atoms with Crippen molar-refractivity contribution in [3.8, 4) is 0 Å². The van der Waals surface area contributed by atoms with Gasteiger partial charge in [-0.15, -0.1) is 0 Å². The number of amides is 1. The molecule has 0 N–H and O–H groups in total. The minimum atomic E-state index is 0.176. The molecule has 2 fully saturated rings. The number of carbonyl (C=O) groups is 1. The van der Waals surface area contributed by atoms with Crippen LogP contribution >= 0.6 is 34.2 Å². The van der Waals surface area contributed by atoms with Crippen LogP contribution in [-0.2, 0) is 0 Å². The molecule has 21 heavy (non-hydrogen) atoms. The van der Waals surface area contributed by atoms with Gasteiger partial charge in [0.25, 0.3) is 5.91 Å². The molecule has 0 spiro atoms. The molecule has 1 atom stereocenters. The number of nitrogens with zero attached hydrogens (tertiary/aromatic N) is 1. The Labute approximate surface area is 145 Å². The van der Waals surface area contributed by atoms with Crippen LogP contribution in [0.3, 0.4) is 0 Å². The number of benzene rings is 1. The molecule has 0 aromatic heterocycles. The minimum Gasteiger partial charge on any atom is -0.335 e. The van der Waals surface area contributed by atoms with Gasteiger partial charge in [0.1, 0.15) is 0 Å². The van der Waals surface area contributed by atoms with Crippen molar-refractivity contribution in [2.24, 2.45) is 5.92 Å². The van der Waals surface area contributed by atoms with Crippen LogP contribution in [0, 0.1) is 9.49 Å². The first-order valence-corrected chi connectivity index (χ1v) is 9.38. The maximum atomic E-state index is 12.9. The minimum absolute atomic E-state index is 0.176. The summed E-state index contributed by atoms with van der Waals surface area (Å²) in [4.78, 5) is 15.1. The first-order chi connectivity index (χ1) is 10.2. The van der Waals surface area contributed by atoms with E-state index >= 15 is 0 Å². The van der Waals surface area contributed by atoms with E-state index in [-0.39, 0.29) is 5.91 Å². The van der Waals surface area contributed by atoms with Gasteiger partial charge in [0.15, 0.2) is 0 Å². The normalized spacial score (nSPS) is 23.5. The Morgan fingerprint density at radius 3 is 2.67 bits per heavy atom. The van der Waals surface area contributed by atoms with Crippen molar-refractivity contribution >= 4 is 40.1 Å². The van der Waals surface area contributed by atoms with Gasteiger partial charge in [-0.3, -0.25) is 4.79 Å². The van der Waals surface area contributed by atoms with E-state index in [1.807, 2.05) is 18.2 Å². The highest BCUT2D eigenvalue weighted by molar-refractivity contribution is 14.1. The Bertz CT molecular complexity index is 528. The average Bonchev–Trinajstić information content (AvgIpc) is 2.99. The SMILES string of the molecule is O=C(c1cc(Cl)ccc1I)N1CCCC1C1CCCCC1. The molecule has 1 unspecified atom stereocenters. The molecule has 1 heterocycles. The second-order valence-electron chi connectivity index (χ2n) is 6.23. The molecular formula is C17H21ClINO. The number of carbonyl (C=O) groups excluding carboxylic acids is 1. The largest absolute Gasteiger partial charge is 0.335 e. The predicted octanol–water partition coefficient (Wildman–Crippen LogP) is 5.13. The molecule has 1 aromatic carbocycles. The summed E-state index contributed by atoms with van der Waals surface area (Å²) in [5, 5.41) is 0.646. The van der Waals surface area contributed by atoms with E-state index in [1.165, 1.54) is 38.5 Å². The zero-order valence-electron chi connectivity index (χ0n) is 12.2. The van der Waals surface area contributed by atoms with Crippen LogP contribution in [0.15, 0.2) is 18.2 Å². The molecule has 1 aromatic rings. The Hall–Kier alpha value is -0.290. The van der Waals surface area contributed by atoms with Gasteiger partial charge in [0, 0.05) is 21.2 Å². The lowest BCUT2D eigenvalue weighted by molar-refractivity contribution is 0.0660. The predicted molar refractivity (Wildman–Crippen MR) is 94.8 cm³/mol. The summed E-state index contributed by atoms with van der Waals surface area (Å²) in [5.41, 5.74) is 0.769. The van der Waals surface area contributed by atoms with Gasteiger partial charge in [-0.05, 0) is 72.4 Å². The third kappa shape index (κ3) is 3.39. The zero-order valence-corrected chi connectivity index (χ0v) is 15.1. The van der Waals surface area contributed by atoms with Gasteiger partial charge in [0.2, 0.25) is 0 Å². The summed E-state index contributed by atoms with van der Waals surface area (Å²) in [6, 6.07) is 6.06. The number of rotatable bonds is 2. The first-order valence-electron chi connectivity index (χ1n) is 7.93. The van der Waals surface area contributed by atoms with Crippen LogP contribution in [-0.4, -0.2) is 23.4 Å². The smallest absolute Gasteiger partial charge is 0.255 e. The molecule has 1 aliphatic heterocycles. The average molecular weight is 418 g/mol. The fourth-order valence-electron chi connectivity index (χ4n) is 3.87. The van der Waals surface area contributed by atoms with Crippen molar-refractivity contribution in [3.05, 3.63) is 32.4 Å². The van der Waals surface area contributed by atoms with Crippen LogP contribution in [0.1, 0.15) is 55.3 Å². The fraction of sp³-hybridized carbons (Fsp3) is 0.588. The van der Waals surface area contributed by atoms with Gasteiger partial charge >= 0.3 is 0 Å². The summed E-state index contributed by atoms with van der Waals surface area (Å²) < 4.78 is 0.997. The van der Waals surface area contributed by atoms with Crippen molar-refractivity contribution in [2.45, 2.75) is 51.0 Å². The molecule has 1 saturated carbocycles. The molecular weight excluding hydrogens is 397 g/mol. The van der Waals surface area contributed by atoms with Gasteiger partial charge in [-0.1, -0.05) is 30.9 Å². The van der Waals surface area contributed by atoms with Crippen LogP contribution in [0.2, 0.25) is 5.02 Å². The topological polar surface area (TPSA) is 20.3 Å². The lowest BCUT2D eigenvalue weighted by Crippen LogP contribution is -2.41. The van der Waals surface area contributed by atoms with E-state index in [9.17, 15) is 4.79 Å². The van der Waals surface area contributed by atoms with Crippen LogP contribution in [0.4, 0.5) is 0 Å². The molecule has 0 radical (unpaired) electrons. The maximum Gasteiger partial charge on any atom is 0.255 e. The third-order valence-corrected chi connectivity index (χ3v) is 6.09. The molecule has 3 rings (SSSR count). The Morgan fingerprint density at radius 2 is 1.90 bits per heavy atom. The summed E-state index contributed by atoms with van der Waals surface area (Å²) in [6.45, 7) is 0.905. The highest BCUT2D eigenvalue weighted by Crippen LogP contribution is 2.35. The van der Waals surface area contributed by atoms with Crippen molar-refractivity contribution in [2.75, 3.05) is 6.54 Å². The number of hydrogen-bond acceptors (Lipinski definition) is 1. The van der Waals surface area contributed by atoms with Gasteiger partial charge in [-0.2, -0.15) is 0 Å². The Balaban J connectivity index is 1.80. The van der Waals surface area contributed by atoms with E-state index in [0.717, 1.165) is 22.1 Å². The van der Waals surface area contributed by atoms with Crippen molar-refractivity contribution in [3.63, 3.8) is 0 Å². The van der Waals surface area contributed by atoms with Crippen LogP contribution in [0.5, 0.6) is 0 Å². The lowest BCUT2D eigenvalue weighted by Gasteiger charge is -2.34. The van der Waals surface area contributed by atoms with E-state index in [2.05, 4.69) is 27.5 Å². The summed E-state index contributed by atoms with van der Waals surface area (Å²) in [7, 11) is 0. The number of halogens is 2. The highest BCUT2D eigenvalue weighted by atomic mass is 127. The highest BCUT2D eigenvalue weighted by Gasteiger charge is 2.35. The first kappa shape index (κ1) is 15.6. The van der Waals surface area contributed by atoms with E-state index in [1.54, 1.807) is 0 Å². The van der Waals surface area contributed by atoms with Crippen LogP contribution in [0.25, 0.3) is 0 Å². The summed E-state index contributed by atoms with van der Waals surface area (Å²) in [6.07, 6.45) is 8.93. The van der Waals surface area contributed by atoms with E-state index in [4.69, 9.17) is 11.6 Å². The molecule has 4 heteroatoms. The Kier molecular flexibility index (Phi) is 5.10. The van der Waals surface area contributed by atoms with E-state index < -0.39 is 0 Å². The molecule has 114 valence electrons. The standard InChI is InChI=1S/C17H21ClINO/c18-13-8-9-15(19)14(11-13)17(21)20-10-4-7-16(20)12-5-2-1-3-6-12/h8-9,11-12,16H,1-7,10H2. The molecule has 2 nitrogen and oxygen atoms in total. The molecule has 1 aliphatic carbocycles. The molecule has 1 amide bonds.